The molecule has 24 heavy (non-hydrogen) atoms. The van der Waals surface area contributed by atoms with Crippen molar-refractivity contribution in [3.8, 4) is 0 Å². The lowest BCUT2D eigenvalue weighted by Crippen LogP contribution is -2.43. The van der Waals surface area contributed by atoms with E-state index in [1.54, 1.807) is 0 Å². The molecular weight excluding hydrogens is 298 g/mol. The lowest BCUT2D eigenvalue weighted by molar-refractivity contribution is 0.451. The third-order valence-corrected chi connectivity index (χ3v) is 5.78. The van der Waals surface area contributed by atoms with Crippen molar-refractivity contribution in [1.82, 2.24) is 20.4 Å². The Kier molecular flexibility index (Phi) is 4.88. The smallest absolute Gasteiger partial charge is 0.191 e. The van der Waals surface area contributed by atoms with E-state index in [0.29, 0.717) is 11.5 Å². The summed E-state index contributed by atoms with van der Waals surface area (Å²) in [5.74, 6) is 1.93. The third kappa shape index (κ3) is 3.76. The van der Waals surface area contributed by atoms with E-state index in [2.05, 4.69) is 43.4 Å². The molecule has 0 radical (unpaired) electrons. The molecule has 0 amide bonds. The molecule has 1 heterocycles. The SMILES string of the molecule is CCNC(=NCC1(C2CC2)CC1)NC(C)Cc1c(C)nn(C)c1C. The molecule has 0 aliphatic heterocycles. The number of aromatic nitrogens is 2. The maximum Gasteiger partial charge on any atom is 0.191 e. The van der Waals surface area contributed by atoms with E-state index in [0.717, 1.165) is 37.1 Å². The zero-order valence-corrected chi connectivity index (χ0v) is 15.9. The Hall–Kier alpha value is -1.52. The second-order valence-corrected chi connectivity index (χ2v) is 7.85. The van der Waals surface area contributed by atoms with Crippen LogP contribution in [0.2, 0.25) is 0 Å². The number of nitrogens with one attached hydrogen (secondary N) is 2. The predicted octanol–water partition coefficient (Wildman–Crippen LogP) is 2.71. The first kappa shape index (κ1) is 17.3. The fraction of sp³-hybridized carbons (Fsp3) is 0.789. The Morgan fingerprint density at radius 1 is 1.38 bits per heavy atom. The predicted molar refractivity (Wildman–Crippen MR) is 99.4 cm³/mol. The van der Waals surface area contributed by atoms with Crippen LogP contribution in [0.1, 0.15) is 56.5 Å². The van der Waals surface area contributed by atoms with E-state index in [4.69, 9.17) is 4.99 Å². The van der Waals surface area contributed by atoms with Crippen molar-refractivity contribution in [2.45, 2.75) is 65.8 Å². The topological polar surface area (TPSA) is 54.2 Å². The highest BCUT2D eigenvalue weighted by Gasteiger charge is 2.53. The zero-order valence-electron chi connectivity index (χ0n) is 15.9. The minimum absolute atomic E-state index is 0.334. The summed E-state index contributed by atoms with van der Waals surface area (Å²) in [7, 11) is 2.02. The van der Waals surface area contributed by atoms with Gasteiger partial charge in [-0.3, -0.25) is 9.67 Å². The van der Waals surface area contributed by atoms with Gasteiger partial charge in [0, 0.05) is 31.9 Å². The van der Waals surface area contributed by atoms with E-state index in [1.807, 2.05) is 11.7 Å². The lowest BCUT2D eigenvalue weighted by atomic mass is 10.0. The molecular formula is C19H33N5. The van der Waals surface area contributed by atoms with Crippen LogP contribution in [0.5, 0.6) is 0 Å². The Balaban J connectivity index is 1.60. The summed E-state index contributed by atoms with van der Waals surface area (Å²) in [6.07, 6.45) is 6.59. The highest BCUT2D eigenvalue weighted by atomic mass is 15.3. The van der Waals surface area contributed by atoms with Gasteiger partial charge in [0.25, 0.3) is 0 Å². The van der Waals surface area contributed by atoms with Crippen molar-refractivity contribution < 1.29 is 0 Å². The number of rotatable bonds is 7. The normalized spacial score (nSPS) is 20.8. The standard InChI is InChI=1S/C19H33N5/c1-6-20-18(21-12-19(9-10-19)16-7-8-16)22-13(2)11-17-14(3)23-24(5)15(17)4/h13,16H,6-12H2,1-5H3,(H2,20,21,22). The van der Waals surface area contributed by atoms with Gasteiger partial charge in [-0.1, -0.05) is 0 Å². The molecule has 1 aromatic heterocycles. The van der Waals surface area contributed by atoms with Crippen molar-refractivity contribution in [2.75, 3.05) is 13.1 Å². The maximum atomic E-state index is 4.91. The average Bonchev–Trinajstić information content (AvgIpc) is 3.42. The summed E-state index contributed by atoms with van der Waals surface area (Å²) >= 11 is 0. The van der Waals surface area contributed by atoms with Crippen LogP contribution in [0.3, 0.4) is 0 Å². The molecule has 0 bridgehead atoms. The third-order valence-electron chi connectivity index (χ3n) is 5.78. The summed E-state index contributed by atoms with van der Waals surface area (Å²) in [5.41, 5.74) is 4.30. The van der Waals surface area contributed by atoms with Crippen molar-refractivity contribution >= 4 is 5.96 Å². The largest absolute Gasteiger partial charge is 0.357 e. The molecule has 5 nitrogen and oxygen atoms in total. The fourth-order valence-corrected chi connectivity index (χ4v) is 3.81. The number of nitrogens with zero attached hydrogens (tertiary/aromatic N) is 3. The van der Waals surface area contributed by atoms with Crippen LogP contribution in [0, 0.1) is 25.2 Å². The lowest BCUT2D eigenvalue weighted by Gasteiger charge is -2.19. The summed E-state index contributed by atoms with van der Waals surface area (Å²) in [6.45, 7) is 10.5. The molecule has 2 saturated carbocycles. The van der Waals surface area contributed by atoms with Crippen LogP contribution < -0.4 is 10.6 Å². The maximum absolute atomic E-state index is 4.91. The molecule has 3 rings (SSSR count). The molecule has 2 aliphatic rings. The molecule has 1 unspecified atom stereocenters. The second kappa shape index (κ2) is 6.77. The zero-order chi connectivity index (χ0) is 17.3. The van der Waals surface area contributed by atoms with Crippen LogP contribution >= 0.6 is 0 Å². The van der Waals surface area contributed by atoms with Crippen LogP contribution in [0.15, 0.2) is 4.99 Å². The number of hydrogen-bond acceptors (Lipinski definition) is 2. The van der Waals surface area contributed by atoms with Gasteiger partial charge in [-0.2, -0.15) is 5.10 Å². The van der Waals surface area contributed by atoms with Gasteiger partial charge >= 0.3 is 0 Å². The van der Waals surface area contributed by atoms with Crippen molar-refractivity contribution in [3.05, 3.63) is 17.0 Å². The van der Waals surface area contributed by atoms with Gasteiger partial charge in [0.05, 0.1) is 5.69 Å². The second-order valence-electron chi connectivity index (χ2n) is 7.85. The van der Waals surface area contributed by atoms with E-state index < -0.39 is 0 Å². The highest BCUT2D eigenvalue weighted by molar-refractivity contribution is 5.80. The Morgan fingerprint density at radius 3 is 2.58 bits per heavy atom. The molecule has 0 saturated heterocycles. The average molecular weight is 332 g/mol. The number of guanidine groups is 1. The first-order valence-corrected chi connectivity index (χ1v) is 9.49. The van der Waals surface area contributed by atoms with Gasteiger partial charge in [-0.15, -0.1) is 0 Å². The summed E-state index contributed by atoms with van der Waals surface area (Å²) < 4.78 is 1.98. The monoisotopic (exact) mass is 331 g/mol. The molecule has 1 aromatic rings. The van der Waals surface area contributed by atoms with Crippen LogP contribution in [-0.4, -0.2) is 34.9 Å². The van der Waals surface area contributed by atoms with E-state index in [-0.39, 0.29) is 0 Å². The Morgan fingerprint density at radius 2 is 2.08 bits per heavy atom. The van der Waals surface area contributed by atoms with Gasteiger partial charge in [-0.05, 0) is 76.7 Å². The van der Waals surface area contributed by atoms with Crippen LogP contribution in [0.4, 0.5) is 0 Å². The summed E-state index contributed by atoms with van der Waals surface area (Å²) in [5, 5.41) is 11.5. The van der Waals surface area contributed by atoms with Gasteiger partial charge in [0.1, 0.15) is 0 Å². The number of aryl methyl sites for hydroxylation is 2. The molecule has 134 valence electrons. The van der Waals surface area contributed by atoms with Crippen molar-refractivity contribution in [2.24, 2.45) is 23.4 Å². The minimum Gasteiger partial charge on any atom is -0.357 e. The molecule has 1 atom stereocenters. The molecule has 2 aliphatic carbocycles. The first-order chi connectivity index (χ1) is 11.4. The van der Waals surface area contributed by atoms with Gasteiger partial charge in [0.15, 0.2) is 5.96 Å². The first-order valence-electron chi connectivity index (χ1n) is 9.49. The van der Waals surface area contributed by atoms with Crippen molar-refractivity contribution in [3.63, 3.8) is 0 Å². The molecule has 0 spiro atoms. The van der Waals surface area contributed by atoms with Crippen LogP contribution in [-0.2, 0) is 13.5 Å². The van der Waals surface area contributed by atoms with E-state index in [1.165, 1.54) is 36.9 Å². The Bertz CT molecular complexity index is 608. The molecule has 5 heteroatoms. The molecule has 2 N–H and O–H groups in total. The van der Waals surface area contributed by atoms with Gasteiger partial charge in [0.2, 0.25) is 0 Å². The minimum atomic E-state index is 0.334. The van der Waals surface area contributed by atoms with E-state index in [9.17, 15) is 0 Å². The summed E-state index contributed by atoms with van der Waals surface area (Å²) in [6, 6.07) is 0.334. The molecule has 0 aromatic carbocycles. The van der Waals surface area contributed by atoms with Gasteiger partial charge < -0.3 is 10.6 Å². The summed E-state index contributed by atoms with van der Waals surface area (Å²) in [4.78, 5) is 4.91. The fourth-order valence-electron chi connectivity index (χ4n) is 3.81. The Labute approximate surface area is 146 Å². The van der Waals surface area contributed by atoms with E-state index >= 15 is 0 Å². The number of aliphatic imine (C=N–C) groups is 1. The molecule has 2 fully saturated rings. The quantitative estimate of drug-likeness (QED) is 0.597. The number of hydrogen-bond donors (Lipinski definition) is 2. The highest BCUT2D eigenvalue weighted by Crippen LogP contribution is 2.61. The van der Waals surface area contributed by atoms with Crippen LogP contribution in [0.25, 0.3) is 0 Å². The van der Waals surface area contributed by atoms with Gasteiger partial charge in [-0.25, -0.2) is 0 Å². The van der Waals surface area contributed by atoms with Crippen molar-refractivity contribution in [1.29, 1.82) is 0 Å².